The zero-order valence-electron chi connectivity index (χ0n) is 15.7. The zero-order valence-corrected chi connectivity index (χ0v) is 15.7. The summed E-state index contributed by atoms with van der Waals surface area (Å²) in [6.45, 7) is 5.90. The third kappa shape index (κ3) is 5.76. The molecule has 1 aliphatic rings. The predicted molar refractivity (Wildman–Crippen MR) is 96.7 cm³/mol. The van der Waals surface area contributed by atoms with E-state index in [-0.39, 0.29) is 24.6 Å². The second-order valence-corrected chi connectivity index (χ2v) is 7.19. The van der Waals surface area contributed by atoms with Gasteiger partial charge in [0.25, 0.3) is 5.91 Å². The third-order valence-electron chi connectivity index (χ3n) is 4.72. The van der Waals surface area contributed by atoms with E-state index >= 15 is 0 Å². The number of carbonyl (C=O) groups is 2. The summed E-state index contributed by atoms with van der Waals surface area (Å²) in [7, 11) is 1.86. The van der Waals surface area contributed by atoms with Crippen LogP contribution in [0.4, 0.5) is 0 Å². The van der Waals surface area contributed by atoms with Crippen molar-refractivity contribution in [2.24, 2.45) is 5.92 Å². The Morgan fingerprint density at radius 1 is 1.12 bits per heavy atom. The van der Waals surface area contributed by atoms with E-state index in [1.165, 1.54) is 12.8 Å². The Kier molecular flexibility index (Phi) is 6.85. The molecule has 25 heavy (non-hydrogen) atoms. The van der Waals surface area contributed by atoms with Crippen molar-refractivity contribution >= 4 is 11.9 Å². The highest BCUT2D eigenvalue weighted by molar-refractivity contribution is 5.89. The van der Waals surface area contributed by atoms with Gasteiger partial charge in [0.15, 0.2) is 6.61 Å². The Hall–Kier alpha value is -2.04. The molecule has 0 heterocycles. The largest absolute Gasteiger partial charge is 0.484 e. The normalized spacial score (nSPS) is 20.2. The number of amides is 1. The van der Waals surface area contributed by atoms with Crippen molar-refractivity contribution < 1.29 is 19.1 Å². The molecule has 1 saturated carbocycles. The van der Waals surface area contributed by atoms with Gasteiger partial charge in [-0.05, 0) is 69.7 Å². The fraction of sp³-hybridized carbons (Fsp3) is 0.600. The molecule has 0 atom stereocenters. The van der Waals surface area contributed by atoms with Crippen molar-refractivity contribution in [1.82, 2.24) is 4.90 Å². The van der Waals surface area contributed by atoms with Gasteiger partial charge in [0.05, 0.1) is 11.7 Å². The van der Waals surface area contributed by atoms with E-state index in [1.807, 2.05) is 25.8 Å². The van der Waals surface area contributed by atoms with Crippen LogP contribution >= 0.6 is 0 Å². The first-order chi connectivity index (χ1) is 11.9. The quantitative estimate of drug-likeness (QED) is 0.737. The highest BCUT2D eigenvalue weighted by Crippen LogP contribution is 2.26. The van der Waals surface area contributed by atoms with Gasteiger partial charge in [0.2, 0.25) is 0 Å². The first-order valence-electron chi connectivity index (χ1n) is 9.06. The van der Waals surface area contributed by atoms with Crippen LogP contribution in [0.2, 0.25) is 0 Å². The predicted octanol–water partition coefficient (Wildman–Crippen LogP) is 3.67. The fourth-order valence-corrected chi connectivity index (χ4v) is 3.05. The number of hydrogen-bond acceptors (Lipinski definition) is 4. The molecule has 0 N–H and O–H groups in total. The standard InChI is InChI=1S/C20H29NO4/c1-14(2)25-20(23)16-7-11-18(12-8-16)24-13-19(22)21(4)17-9-5-15(3)6-10-17/h7-8,11-12,14-15,17H,5-6,9-10,13H2,1-4H3. The molecular weight excluding hydrogens is 318 g/mol. The minimum atomic E-state index is -0.358. The summed E-state index contributed by atoms with van der Waals surface area (Å²) in [6.07, 6.45) is 4.33. The average molecular weight is 347 g/mol. The van der Waals surface area contributed by atoms with E-state index < -0.39 is 0 Å². The Morgan fingerprint density at radius 3 is 2.28 bits per heavy atom. The maximum Gasteiger partial charge on any atom is 0.338 e. The van der Waals surface area contributed by atoms with Crippen molar-refractivity contribution in [3.8, 4) is 5.75 Å². The average Bonchev–Trinajstić information content (AvgIpc) is 2.59. The molecule has 0 aliphatic heterocycles. The number of esters is 1. The summed E-state index contributed by atoms with van der Waals surface area (Å²) in [5.41, 5.74) is 0.473. The smallest absolute Gasteiger partial charge is 0.338 e. The van der Waals surface area contributed by atoms with Gasteiger partial charge in [0.1, 0.15) is 5.75 Å². The summed E-state index contributed by atoms with van der Waals surface area (Å²) >= 11 is 0. The lowest BCUT2D eigenvalue weighted by Gasteiger charge is -2.33. The highest BCUT2D eigenvalue weighted by atomic mass is 16.5. The highest BCUT2D eigenvalue weighted by Gasteiger charge is 2.24. The van der Waals surface area contributed by atoms with Gasteiger partial charge in [-0.25, -0.2) is 4.79 Å². The Labute approximate surface area is 150 Å². The van der Waals surface area contributed by atoms with Crippen LogP contribution in [0.15, 0.2) is 24.3 Å². The van der Waals surface area contributed by atoms with Gasteiger partial charge in [0, 0.05) is 13.1 Å². The molecule has 1 aromatic rings. The van der Waals surface area contributed by atoms with Crippen LogP contribution < -0.4 is 4.74 Å². The first kappa shape index (κ1) is 19.3. The molecule has 0 saturated heterocycles. The van der Waals surface area contributed by atoms with Crippen molar-refractivity contribution in [3.63, 3.8) is 0 Å². The van der Waals surface area contributed by atoms with Crippen LogP contribution in [-0.4, -0.2) is 42.6 Å². The Bertz CT molecular complexity index is 574. The van der Waals surface area contributed by atoms with Crippen LogP contribution in [0.25, 0.3) is 0 Å². The second kappa shape index (κ2) is 8.88. The van der Waals surface area contributed by atoms with Gasteiger partial charge in [-0.2, -0.15) is 0 Å². The number of rotatable bonds is 6. The van der Waals surface area contributed by atoms with E-state index in [4.69, 9.17) is 9.47 Å². The van der Waals surface area contributed by atoms with Gasteiger partial charge in [-0.15, -0.1) is 0 Å². The first-order valence-corrected chi connectivity index (χ1v) is 9.06. The molecule has 0 bridgehead atoms. The van der Waals surface area contributed by atoms with E-state index in [1.54, 1.807) is 24.3 Å². The topological polar surface area (TPSA) is 55.8 Å². The Morgan fingerprint density at radius 2 is 1.72 bits per heavy atom. The van der Waals surface area contributed by atoms with E-state index in [9.17, 15) is 9.59 Å². The summed E-state index contributed by atoms with van der Waals surface area (Å²) in [5.74, 6) is 0.962. The fourth-order valence-electron chi connectivity index (χ4n) is 3.05. The summed E-state index contributed by atoms with van der Waals surface area (Å²) in [6, 6.07) is 6.99. The monoisotopic (exact) mass is 347 g/mol. The number of likely N-dealkylation sites (N-methyl/N-ethyl adjacent to an activating group) is 1. The van der Waals surface area contributed by atoms with Crippen molar-refractivity contribution in [3.05, 3.63) is 29.8 Å². The van der Waals surface area contributed by atoms with Crippen molar-refractivity contribution in [1.29, 1.82) is 0 Å². The molecule has 0 unspecified atom stereocenters. The lowest BCUT2D eigenvalue weighted by molar-refractivity contribution is -0.134. The summed E-state index contributed by atoms with van der Waals surface area (Å²) < 4.78 is 10.7. The molecular formula is C20H29NO4. The minimum Gasteiger partial charge on any atom is -0.484 e. The number of hydrogen-bond donors (Lipinski definition) is 0. The molecule has 0 spiro atoms. The molecule has 1 fully saturated rings. The van der Waals surface area contributed by atoms with Crippen LogP contribution in [0.1, 0.15) is 56.8 Å². The molecule has 0 radical (unpaired) electrons. The minimum absolute atomic E-state index is 0.0113. The van der Waals surface area contributed by atoms with Crippen molar-refractivity contribution in [2.45, 2.75) is 58.6 Å². The summed E-state index contributed by atoms with van der Waals surface area (Å²) in [4.78, 5) is 25.9. The molecule has 1 aromatic carbocycles. The van der Waals surface area contributed by atoms with Crippen LogP contribution in [0, 0.1) is 5.92 Å². The summed E-state index contributed by atoms with van der Waals surface area (Å²) in [5, 5.41) is 0. The molecule has 1 amide bonds. The lowest BCUT2D eigenvalue weighted by Crippen LogP contribution is -2.41. The van der Waals surface area contributed by atoms with Gasteiger partial charge >= 0.3 is 5.97 Å². The van der Waals surface area contributed by atoms with Gasteiger partial charge in [-0.3, -0.25) is 4.79 Å². The number of nitrogens with zero attached hydrogens (tertiary/aromatic N) is 1. The van der Waals surface area contributed by atoms with E-state index in [0.717, 1.165) is 18.8 Å². The number of benzene rings is 1. The van der Waals surface area contributed by atoms with Crippen LogP contribution in [0.5, 0.6) is 5.75 Å². The molecule has 5 heteroatoms. The lowest BCUT2D eigenvalue weighted by atomic mass is 9.87. The maximum atomic E-state index is 12.3. The second-order valence-electron chi connectivity index (χ2n) is 7.19. The van der Waals surface area contributed by atoms with E-state index in [2.05, 4.69) is 6.92 Å². The maximum absolute atomic E-state index is 12.3. The number of carbonyl (C=O) groups excluding carboxylic acids is 2. The van der Waals surface area contributed by atoms with Crippen molar-refractivity contribution in [2.75, 3.05) is 13.7 Å². The zero-order chi connectivity index (χ0) is 18.4. The Balaban J connectivity index is 1.82. The molecule has 5 nitrogen and oxygen atoms in total. The van der Waals surface area contributed by atoms with E-state index in [0.29, 0.717) is 17.4 Å². The SMILES string of the molecule is CC1CCC(N(C)C(=O)COc2ccc(C(=O)OC(C)C)cc2)CC1. The molecule has 138 valence electrons. The molecule has 1 aliphatic carbocycles. The third-order valence-corrected chi connectivity index (χ3v) is 4.72. The molecule has 0 aromatic heterocycles. The molecule has 2 rings (SSSR count). The van der Waals surface area contributed by atoms with Crippen LogP contribution in [-0.2, 0) is 9.53 Å². The van der Waals surface area contributed by atoms with Gasteiger partial charge < -0.3 is 14.4 Å². The van der Waals surface area contributed by atoms with Crippen LogP contribution in [0.3, 0.4) is 0 Å². The number of ether oxygens (including phenoxy) is 2. The van der Waals surface area contributed by atoms with Gasteiger partial charge in [-0.1, -0.05) is 6.92 Å².